The number of carbonyl (C=O) groups excluding carboxylic acids is 1. The molecule has 1 aromatic rings. The second-order valence-electron chi connectivity index (χ2n) is 4.69. The van der Waals surface area contributed by atoms with E-state index in [-0.39, 0.29) is 11.9 Å². The van der Waals surface area contributed by atoms with E-state index in [4.69, 9.17) is 5.11 Å². The van der Waals surface area contributed by atoms with Gasteiger partial charge in [0.25, 0.3) is 0 Å². The molecule has 1 aliphatic rings. The summed E-state index contributed by atoms with van der Waals surface area (Å²) < 4.78 is 0. The van der Waals surface area contributed by atoms with Crippen molar-refractivity contribution < 1.29 is 14.7 Å². The van der Waals surface area contributed by atoms with E-state index in [0.717, 1.165) is 10.6 Å². The molecule has 1 aromatic heterocycles. The first-order valence-corrected chi connectivity index (χ1v) is 7.02. The van der Waals surface area contributed by atoms with Gasteiger partial charge in [0.1, 0.15) is 0 Å². The summed E-state index contributed by atoms with van der Waals surface area (Å²) in [5, 5.41) is 12.3. The van der Waals surface area contributed by atoms with Crippen molar-refractivity contribution in [3.05, 3.63) is 10.6 Å². The predicted octanol–water partition coefficient (Wildman–Crippen LogP) is 2.09. The van der Waals surface area contributed by atoms with Crippen molar-refractivity contribution >= 4 is 28.5 Å². The number of piperidine rings is 1. The average molecular weight is 283 g/mol. The molecule has 104 valence electrons. The number of aliphatic carboxylic acids is 1. The van der Waals surface area contributed by atoms with Gasteiger partial charge in [0, 0.05) is 18.0 Å². The second-order valence-corrected chi connectivity index (χ2v) is 5.89. The highest BCUT2D eigenvalue weighted by atomic mass is 32.1. The number of hydrogen-bond donors (Lipinski definition) is 2. The Hall–Kier alpha value is -1.63. The molecule has 0 atom stereocenters. The lowest BCUT2D eigenvalue weighted by molar-refractivity contribution is -0.143. The summed E-state index contributed by atoms with van der Waals surface area (Å²) in [4.78, 5) is 29.8. The Morgan fingerprint density at radius 1 is 1.37 bits per heavy atom. The molecule has 0 bridgehead atoms. The van der Waals surface area contributed by atoms with Crippen LogP contribution < -0.4 is 5.32 Å². The Balaban J connectivity index is 1.89. The molecule has 1 aliphatic heterocycles. The molecule has 19 heavy (non-hydrogen) atoms. The number of carbonyl (C=O) groups is 2. The lowest BCUT2D eigenvalue weighted by atomic mass is 9.97. The molecule has 6 nitrogen and oxygen atoms in total. The predicted molar refractivity (Wildman–Crippen MR) is 72.5 cm³/mol. The summed E-state index contributed by atoms with van der Waals surface area (Å²) in [6.45, 7) is 4.82. The zero-order valence-electron chi connectivity index (χ0n) is 11.0. The summed E-state index contributed by atoms with van der Waals surface area (Å²) in [5.41, 5.74) is 0.921. The van der Waals surface area contributed by atoms with Crippen LogP contribution >= 0.6 is 11.3 Å². The first kappa shape index (κ1) is 13.8. The zero-order valence-corrected chi connectivity index (χ0v) is 11.8. The van der Waals surface area contributed by atoms with Crippen LogP contribution in [-0.2, 0) is 4.79 Å². The Morgan fingerprint density at radius 3 is 2.47 bits per heavy atom. The highest BCUT2D eigenvalue weighted by molar-refractivity contribution is 7.15. The Kier molecular flexibility index (Phi) is 4.04. The van der Waals surface area contributed by atoms with Crippen LogP contribution in [0.15, 0.2) is 0 Å². The molecule has 1 fully saturated rings. The van der Waals surface area contributed by atoms with Gasteiger partial charge < -0.3 is 10.0 Å². The minimum Gasteiger partial charge on any atom is -0.481 e. The van der Waals surface area contributed by atoms with Gasteiger partial charge in [0.15, 0.2) is 5.13 Å². The number of amides is 2. The molecular weight excluding hydrogens is 266 g/mol. The molecule has 0 radical (unpaired) electrons. The van der Waals surface area contributed by atoms with E-state index in [9.17, 15) is 9.59 Å². The third kappa shape index (κ3) is 3.23. The smallest absolute Gasteiger partial charge is 0.323 e. The number of aryl methyl sites for hydroxylation is 2. The highest BCUT2D eigenvalue weighted by Gasteiger charge is 2.27. The van der Waals surface area contributed by atoms with Crippen molar-refractivity contribution in [2.75, 3.05) is 18.4 Å². The van der Waals surface area contributed by atoms with Crippen LogP contribution in [0.25, 0.3) is 0 Å². The molecule has 1 saturated heterocycles. The lowest BCUT2D eigenvalue weighted by Gasteiger charge is -2.29. The maximum atomic E-state index is 12.0. The molecule has 0 aromatic carbocycles. The fourth-order valence-corrected chi connectivity index (χ4v) is 2.83. The van der Waals surface area contributed by atoms with E-state index in [0.29, 0.717) is 31.1 Å². The number of thiazole rings is 1. The first-order chi connectivity index (χ1) is 8.97. The van der Waals surface area contributed by atoms with E-state index >= 15 is 0 Å². The summed E-state index contributed by atoms with van der Waals surface area (Å²) >= 11 is 1.45. The van der Waals surface area contributed by atoms with Gasteiger partial charge in [-0.2, -0.15) is 0 Å². The topological polar surface area (TPSA) is 82.5 Å². The van der Waals surface area contributed by atoms with Crippen LogP contribution in [0.4, 0.5) is 9.93 Å². The van der Waals surface area contributed by atoms with Gasteiger partial charge in [0.2, 0.25) is 0 Å². The average Bonchev–Trinajstić information content (AvgIpc) is 2.68. The summed E-state index contributed by atoms with van der Waals surface area (Å²) in [7, 11) is 0. The molecule has 2 rings (SSSR count). The van der Waals surface area contributed by atoms with Gasteiger partial charge in [-0.25, -0.2) is 9.78 Å². The van der Waals surface area contributed by atoms with Crippen molar-refractivity contribution in [2.45, 2.75) is 26.7 Å². The van der Waals surface area contributed by atoms with Gasteiger partial charge >= 0.3 is 12.0 Å². The van der Waals surface area contributed by atoms with Crippen LogP contribution in [-0.4, -0.2) is 40.1 Å². The Labute approximate surface area is 115 Å². The van der Waals surface area contributed by atoms with Crippen molar-refractivity contribution in [1.29, 1.82) is 0 Å². The van der Waals surface area contributed by atoms with E-state index < -0.39 is 5.97 Å². The molecule has 2 heterocycles. The molecule has 0 spiro atoms. The standard InChI is InChI=1S/C12H17N3O3S/c1-7-8(2)19-11(13-7)14-12(18)15-5-3-9(4-6-15)10(16)17/h9H,3-6H2,1-2H3,(H,16,17)(H,13,14,18). The van der Waals surface area contributed by atoms with Crippen LogP contribution in [0.3, 0.4) is 0 Å². The Morgan fingerprint density at radius 2 is 2.00 bits per heavy atom. The molecule has 7 heteroatoms. The Bertz CT molecular complexity index is 473. The minimum atomic E-state index is -0.772. The van der Waals surface area contributed by atoms with Gasteiger partial charge in [-0.3, -0.25) is 10.1 Å². The van der Waals surface area contributed by atoms with Gasteiger partial charge in [-0.1, -0.05) is 0 Å². The number of carboxylic acids is 1. The number of likely N-dealkylation sites (tertiary alicyclic amines) is 1. The van der Waals surface area contributed by atoms with Crippen LogP contribution in [0, 0.1) is 19.8 Å². The van der Waals surface area contributed by atoms with Crippen molar-refractivity contribution in [3.8, 4) is 0 Å². The van der Waals surface area contributed by atoms with Crippen molar-refractivity contribution in [3.63, 3.8) is 0 Å². The van der Waals surface area contributed by atoms with Gasteiger partial charge in [0.05, 0.1) is 11.6 Å². The normalized spacial score (nSPS) is 16.4. The van der Waals surface area contributed by atoms with Crippen molar-refractivity contribution in [1.82, 2.24) is 9.88 Å². The molecule has 0 unspecified atom stereocenters. The third-order valence-electron chi connectivity index (χ3n) is 3.37. The lowest BCUT2D eigenvalue weighted by Crippen LogP contribution is -2.42. The fourth-order valence-electron chi connectivity index (χ4n) is 2.03. The largest absolute Gasteiger partial charge is 0.481 e. The number of anilines is 1. The van der Waals surface area contributed by atoms with Crippen LogP contribution in [0.1, 0.15) is 23.4 Å². The van der Waals surface area contributed by atoms with Gasteiger partial charge in [-0.15, -0.1) is 11.3 Å². The maximum Gasteiger partial charge on any atom is 0.323 e. The summed E-state index contributed by atoms with van der Waals surface area (Å²) in [6.07, 6.45) is 1.03. The number of rotatable bonds is 2. The SMILES string of the molecule is Cc1nc(NC(=O)N2CCC(C(=O)O)CC2)sc1C. The molecule has 0 aliphatic carbocycles. The number of nitrogens with one attached hydrogen (secondary N) is 1. The van der Waals surface area contributed by atoms with E-state index in [1.54, 1.807) is 4.90 Å². The van der Waals surface area contributed by atoms with Crippen molar-refractivity contribution in [2.24, 2.45) is 5.92 Å². The number of nitrogens with zero attached hydrogens (tertiary/aromatic N) is 2. The number of aromatic nitrogens is 1. The maximum absolute atomic E-state index is 12.0. The molecular formula is C12H17N3O3S. The summed E-state index contributed by atoms with van der Waals surface area (Å²) in [6, 6.07) is -0.197. The molecule has 2 amide bonds. The molecule has 2 N–H and O–H groups in total. The van der Waals surface area contributed by atoms with Crippen LogP contribution in [0.2, 0.25) is 0 Å². The number of carboxylic acid groups (broad SMARTS) is 1. The monoisotopic (exact) mass is 283 g/mol. The van der Waals surface area contributed by atoms with Crippen LogP contribution in [0.5, 0.6) is 0 Å². The third-order valence-corrected chi connectivity index (χ3v) is 4.36. The molecule has 0 saturated carbocycles. The van der Waals surface area contributed by atoms with E-state index in [2.05, 4.69) is 10.3 Å². The number of urea groups is 1. The fraction of sp³-hybridized carbons (Fsp3) is 0.583. The zero-order chi connectivity index (χ0) is 14.0. The second kappa shape index (κ2) is 5.56. The van der Waals surface area contributed by atoms with E-state index in [1.807, 2.05) is 13.8 Å². The minimum absolute atomic E-state index is 0.197. The number of hydrogen-bond acceptors (Lipinski definition) is 4. The first-order valence-electron chi connectivity index (χ1n) is 6.20. The van der Waals surface area contributed by atoms with E-state index in [1.165, 1.54) is 11.3 Å². The quantitative estimate of drug-likeness (QED) is 0.870. The van der Waals surface area contributed by atoms with Gasteiger partial charge in [-0.05, 0) is 26.7 Å². The summed E-state index contributed by atoms with van der Waals surface area (Å²) in [5.74, 6) is -1.10. The highest BCUT2D eigenvalue weighted by Crippen LogP contribution is 2.22.